The van der Waals surface area contributed by atoms with E-state index >= 15 is 0 Å². The molecule has 0 unspecified atom stereocenters. The van der Waals surface area contributed by atoms with Gasteiger partial charge in [-0.3, -0.25) is 0 Å². The van der Waals surface area contributed by atoms with Gasteiger partial charge in [0, 0.05) is 23.8 Å². The molecule has 0 amide bonds. The van der Waals surface area contributed by atoms with Crippen LogP contribution in [0.15, 0.2) is 50.1 Å². The third kappa shape index (κ3) is 41.1. The van der Waals surface area contributed by atoms with Gasteiger partial charge in [0.15, 0.2) is 0 Å². The normalized spacial score (nSPS) is 8.75. The molecular formula is C28H48O8. The molecule has 0 saturated heterocycles. The van der Waals surface area contributed by atoms with Crippen LogP contribution in [0.1, 0.15) is 73.6 Å². The van der Waals surface area contributed by atoms with Gasteiger partial charge in [0.25, 0.3) is 0 Å². The lowest BCUT2D eigenvalue weighted by Crippen LogP contribution is -2.06. The monoisotopic (exact) mass is 512 g/mol. The van der Waals surface area contributed by atoms with Crippen molar-refractivity contribution in [3.05, 3.63) is 50.1 Å². The molecule has 8 nitrogen and oxygen atoms in total. The largest absolute Gasteiger partial charge is 0.463 e. The zero-order valence-corrected chi connectivity index (χ0v) is 23.3. The predicted molar refractivity (Wildman–Crippen MR) is 144 cm³/mol. The van der Waals surface area contributed by atoms with Crippen molar-refractivity contribution in [2.24, 2.45) is 5.92 Å². The van der Waals surface area contributed by atoms with E-state index in [2.05, 4.69) is 42.7 Å². The molecule has 0 aromatic heterocycles. The molecule has 0 spiro atoms. The molecule has 0 atom stereocenters. The molecule has 0 rings (SSSR count). The molecule has 0 aliphatic heterocycles. The summed E-state index contributed by atoms with van der Waals surface area (Å²) < 4.78 is 18.8. The second-order valence-corrected chi connectivity index (χ2v) is 7.59. The zero-order chi connectivity index (χ0) is 28.8. The van der Waals surface area contributed by atoms with E-state index in [0.717, 1.165) is 38.2 Å². The number of hydrogen-bond acceptors (Lipinski definition) is 8. The molecule has 0 radical (unpaired) electrons. The average Bonchev–Trinajstić information content (AvgIpc) is 2.86. The van der Waals surface area contributed by atoms with Gasteiger partial charge in [-0.25, -0.2) is 19.2 Å². The first-order valence-electron chi connectivity index (χ1n) is 12.2. The molecule has 0 aromatic carbocycles. The number of ether oxygens (including phenoxy) is 4. The van der Waals surface area contributed by atoms with Crippen LogP contribution in [0.5, 0.6) is 0 Å². The van der Waals surface area contributed by atoms with Crippen LogP contribution in [0.3, 0.4) is 0 Å². The van der Waals surface area contributed by atoms with Gasteiger partial charge < -0.3 is 18.9 Å². The maximum Gasteiger partial charge on any atom is 0.333 e. The Morgan fingerprint density at radius 3 is 1.39 bits per heavy atom. The third-order valence-electron chi connectivity index (χ3n) is 3.33. The van der Waals surface area contributed by atoms with Crippen LogP contribution in [0.4, 0.5) is 0 Å². The minimum absolute atomic E-state index is 0.284. The number of rotatable bonds is 14. The topological polar surface area (TPSA) is 105 Å². The Labute approximate surface area is 218 Å². The van der Waals surface area contributed by atoms with Gasteiger partial charge in [0.05, 0.1) is 26.4 Å². The fourth-order valence-corrected chi connectivity index (χ4v) is 1.38. The highest BCUT2D eigenvalue weighted by Crippen LogP contribution is 1.94. The molecule has 0 bridgehead atoms. The van der Waals surface area contributed by atoms with E-state index in [9.17, 15) is 19.2 Å². The summed E-state index contributed by atoms with van der Waals surface area (Å²) in [5.41, 5.74) is 0.469. The highest BCUT2D eigenvalue weighted by molar-refractivity contribution is 5.86. The van der Waals surface area contributed by atoms with E-state index < -0.39 is 0 Å². The van der Waals surface area contributed by atoms with E-state index in [4.69, 9.17) is 9.47 Å². The Morgan fingerprint density at radius 1 is 0.667 bits per heavy atom. The molecule has 208 valence electrons. The van der Waals surface area contributed by atoms with Crippen molar-refractivity contribution in [1.29, 1.82) is 0 Å². The number of carbonyl (C=O) groups is 4. The SMILES string of the molecule is C=C(C)C(=O)OCCCC.C=CC(=O)OCC(C)C.C=CC(=O)OCCC.C=CC(=O)OCCCC. The van der Waals surface area contributed by atoms with E-state index in [0.29, 0.717) is 37.9 Å². The molecular weight excluding hydrogens is 464 g/mol. The number of hydrogen-bond donors (Lipinski definition) is 0. The zero-order valence-electron chi connectivity index (χ0n) is 23.3. The highest BCUT2D eigenvalue weighted by atomic mass is 16.5. The van der Waals surface area contributed by atoms with Gasteiger partial charge in [-0.05, 0) is 32.1 Å². The number of carbonyl (C=O) groups excluding carboxylic acids is 4. The van der Waals surface area contributed by atoms with Gasteiger partial charge in [0.2, 0.25) is 0 Å². The van der Waals surface area contributed by atoms with Gasteiger partial charge in [-0.1, -0.05) is 73.8 Å². The van der Waals surface area contributed by atoms with Crippen molar-refractivity contribution >= 4 is 23.9 Å². The summed E-state index contributed by atoms with van der Waals surface area (Å²) in [6.45, 7) is 26.9. The second kappa shape index (κ2) is 31.8. The minimum Gasteiger partial charge on any atom is -0.463 e. The molecule has 0 aromatic rings. The number of esters is 4. The standard InChI is InChI=1S/C8H14O2.2C7H12O2.C6H10O2/c1-4-5-6-10-8(9)7(2)3;1-4-7(8)9-5-6(2)3;1-3-5-6-9-7(8)4-2;1-3-5-8-6(7)4-2/h2,4-6H2,1,3H3;4,6H,1,5H2,2-3H3;4H,2-3,5-6H2,1H3;4H,2-3,5H2,1H3. The van der Waals surface area contributed by atoms with Gasteiger partial charge in [0.1, 0.15) is 0 Å². The Bertz CT molecular complexity index is 635. The van der Waals surface area contributed by atoms with Crippen molar-refractivity contribution in [2.75, 3.05) is 26.4 Å². The first-order valence-corrected chi connectivity index (χ1v) is 12.2. The van der Waals surface area contributed by atoms with Crippen molar-refractivity contribution in [1.82, 2.24) is 0 Å². The Kier molecular flexibility index (Phi) is 35.4. The van der Waals surface area contributed by atoms with E-state index in [-0.39, 0.29) is 23.9 Å². The molecule has 0 fully saturated rings. The van der Waals surface area contributed by atoms with Crippen LogP contribution in [0.25, 0.3) is 0 Å². The molecule has 0 heterocycles. The summed E-state index contributed by atoms with van der Waals surface area (Å²) in [6, 6.07) is 0. The average molecular weight is 513 g/mol. The molecule has 36 heavy (non-hydrogen) atoms. The van der Waals surface area contributed by atoms with Crippen LogP contribution < -0.4 is 0 Å². The van der Waals surface area contributed by atoms with Crippen molar-refractivity contribution < 1.29 is 38.1 Å². The lowest BCUT2D eigenvalue weighted by molar-refractivity contribution is -0.139. The van der Waals surface area contributed by atoms with Crippen LogP contribution in [0, 0.1) is 5.92 Å². The molecule has 8 heteroatoms. The predicted octanol–water partition coefficient (Wildman–Crippen LogP) is 5.92. The van der Waals surface area contributed by atoms with Crippen LogP contribution in [0.2, 0.25) is 0 Å². The fourth-order valence-electron chi connectivity index (χ4n) is 1.38. The Hall–Kier alpha value is -3.16. The van der Waals surface area contributed by atoms with Crippen LogP contribution >= 0.6 is 0 Å². The summed E-state index contributed by atoms with van der Waals surface area (Å²) in [5.74, 6) is -0.902. The molecule has 0 aliphatic rings. The number of unbranched alkanes of at least 4 members (excludes halogenated alkanes) is 2. The summed E-state index contributed by atoms with van der Waals surface area (Å²) in [4.78, 5) is 41.6. The van der Waals surface area contributed by atoms with Gasteiger partial charge in [-0.2, -0.15) is 0 Å². The lowest BCUT2D eigenvalue weighted by atomic mass is 10.2. The molecule has 0 aliphatic carbocycles. The van der Waals surface area contributed by atoms with Crippen molar-refractivity contribution in [3.63, 3.8) is 0 Å². The Morgan fingerprint density at radius 2 is 1.06 bits per heavy atom. The quantitative estimate of drug-likeness (QED) is 0.122. The van der Waals surface area contributed by atoms with E-state index in [1.807, 2.05) is 27.7 Å². The first-order chi connectivity index (χ1) is 17.0. The summed E-state index contributed by atoms with van der Waals surface area (Å²) in [6.07, 6.45) is 8.32. The first kappa shape index (κ1) is 40.0. The van der Waals surface area contributed by atoms with Crippen molar-refractivity contribution in [3.8, 4) is 0 Å². The van der Waals surface area contributed by atoms with Crippen LogP contribution in [-0.4, -0.2) is 50.3 Å². The maximum atomic E-state index is 10.7. The Balaban J connectivity index is -0.000000190. The minimum atomic E-state index is -0.344. The maximum absolute atomic E-state index is 10.7. The second-order valence-electron chi connectivity index (χ2n) is 7.59. The molecule has 0 N–H and O–H groups in total. The summed E-state index contributed by atoms with van der Waals surface area (Å²) in [5, 5.41) is 0. The third-order valence-corrected chi connectivity index (χ3v) is 3.33. The van der Waals surface area contributed by atoms with E-state index in [1.54, 1.807) is 6.92 Å². The summed E-state index contributed by atoms with van der Waals surface area (Å²) in [7, 11) is 0. The van der Waals surface area contributed by atoms with Crippen LogP contribution in [-0.2, 0) is 38.1 Å². The smallest absolute Gasteiger partial charge is 0.333 e. The van der Waals surface area contributed by atoms with Gasteiger partial charge in [-0.15, -0.1) is 0 Å². The highest BCUT2D eigenvalue weighted by Gasteiger charge is 2.00. The lowest BCUT2D eigenvalue weighted by Gasteiger charge is -2.02. The van der Waals surface area contributed by atoms with Crippen molar-refractivity contribution in [2.45, 2.75) is 73.6 Å². The summed E-state index contributed by atoms with van der Waals surface area (Å²) >= 11 is 0. The fraction of sp³-hybridized carbons (Fsp3) is 0.571. The molecule has 0 saturated carbocycles. The van der Waals surface area contributed by atoms with E-state index in [1.165, 1.54) is 12.2 Å². The van der Waals surface area contributed by atoms with Gasteiger partial charge >= 0.3 is 23.9 Å².